The summed E-state index contributed by atoms with van der Waals surface area (Å²) in [5.74, 6) is 0. The average molecular weight is 269 g/mol. The van der Waals surface area contributed by atoms with Crippen molar-refractivity contribution in [3.63, 3.8) is 0 Å². The molecule has 1 aliphatic heterocycles. The van der Waals surface area contributed by atoms with E-state index in [1.807, 2.05) is 0 Å². The molecule has 2 atom stereocenters. The van der Waals surface area contributed by atoms with Gasteiger partial charge in [-0.2, -0.15) is 13.2 Å². The highest BCUT2D eigenvalue weighted by atomic mass is 19.4. The zero-order chi connectivity index (χ0) is 14.1. The number of rotatable bonds is 0. The van der Waals surface area contributed by atoms with Crippen LogP contribution in [0.3, 0.4) is 0 Å². The van der Waals surface area contributed by atoms with Gasteiger partial charge >= 0.3 is 12.3 Å². The molecule has 0 aromatic heterocycles. The summed E-state index contributed by atoms with van der Waals surface area (Å²) >= 11 is 0. The number of piperidine rings is 1. The summed E-state index contributed by atoms with van der Waals surface area (Å²) in [7, 11) is 0. The Morgan fingerprint density at radius 1 is 1.33 bits per heavy atom. The van der Waals surface area contributed by atoms with Crippen molar-refractivity contribution in [1.29, 1.82) is 0 Å². The molecule has 1 heterocycles. The van der Waals surface area contributed by atoms with Crippen molar-refractivity contribution < 1.29 is 27.8 Å². The molecule has 0 aromatic rings. The van der Waals surface area contributed by atoms with Gasteiger partial charge in [0.2, 0.25) is 0 Å². The van der Waals surface area contributed by atoms with Crippen LogP contribution in [-0.2, 0) is 4.74 Å². The maximum atomic E-state index is 12.8. The fourth-order valence-electron chi connectivity index (χ4n) is 1.80. The Bertz CT molecular complexity index is 312. The maximum absolute atomic E-state index is 12.8. The predicted molar refractivity (Wildman–Crippen MR) is 58.0 cm³/mol. The van der Waals surface area contributed by atoms with E-state index in [2.05, 4.69) is 0 Å². The fraction of sp³-hybridized carbons (Fsp3) is 0.909. The van der Waals surface area contributed by atoms with Crippen LogP contribution in [-0.4, -0.2) is 46.6 Å². The van der Waals surface area contributed by atoms with Gasteiger partial charge in [0.25, 0.3) is 0 Å². The number of halogens is 3. The third-order valence-electron chi connectivity index (χ3n) is 2.58. The van der Waals surface area contributed by atoms with Crippen molar-refractivity contribution in [3.8, 4) is 0 Å². The highest BCUT2D eigenvalue weighted by molar-refractivity contribution is 5.68. The quantitative estimate of drug-likeness (QED) is 0.734. The van der Waals surface area contributed by atoms with Gasteiger partial charge in [-0.3, -0.25) is 4.90 Å². The molecule has 0 aliphatic carbocycles. The molecular formula is C11H18F3NO3. The Morgan fingerprint density at radius 2 is 1.89 bits per heavy atom. The molecule has 0 bridgehead atoms. The normalized spacial score (nSPS) is 26.1. The first-order valence-electron chi connectivity index (χ1n) is 5.75. The number of nitrogens with zero attached hydrogens (tertiary/aromatic N) is 1. The standard InChI is InChI=1S/C11H18F3NO3/c1-10(2,3)18-9(17)15-5-4-7(16)6-8(15)11(12,13)14/h7-8,16H,4-6H2,1-3H3/t7-,8-/m1/s1. The minimum atomic E-state index is -4.56. The zero-order valence-corrected chi connectivity index (χ0v) is 10.6. The first-order valence-corrected chi connectivity index (χ1v) is 5.75. The van der Waals surface area contributed by atoms with Crippen molar-refractivity contribution in [3.05, 3.63) is 0 Å². The van der Waals surface area contributed by atoms with E-state index in [1.165, 1.54) is 0 Å². The van der Waals surface area contributed by atoms with Gasteiger partial charge in [-0.15, -0.1) is 0 Å². The summed E-state index contributed by atoms with van der Waals surface area (Å²) in [4.78, 5) is 12.4. The minimum Gasteiger partial charge on any atom is -0.444 e. The second-order valence-electron chi connectivity index (χ2n) is 5.41. The number of amides is 1. The molecule has 106 valence electrons. The number of likely N-dealkylation sites (tertiary alicyclic amines) is 1. The van der Waals surface area contributed by atoms with Gasteiger partial charge in [0.15, 0.2) is 0 Å². The van der Waals surface area contributed by atoms with Crippen LogP contribution in [0, 0.1) is 0 Å². The molecule has 18 heavy (non-hydrogen) atoms. The third kappa shape index (κ3) is 4.04. The Balaban J connectivity index is 2.81. The molecule has 0 unspecified atom stereocenters. The number of ether oxygens (including phenoxy) is 1. The number of carbonyl (C=O) groups excluding carboxylic acids is 1. The Labute approximate surface area is 104 Å². The summed E-state index contributed by atoms with van der Waals surface area (Å²) in [6.07, 6.45) is -6.95. The molecule has 7 heteroatoms. The van der Waals surface area contributed by atoms with Crippen LogP contribution in [0.2, 0.25) is 0 Å². The first kappa shape index (κ1) is 15.1. The smallest absolute Gasteiger partial charge is 0.410 e. The van der Waals surface area contributed by atoms with E-state index in [-0.39, 0.29) is 13.0 Å². The average Bonchev–Trinajstić information content (AvgIpc) is 2.13. The summed E-state index contributed by atoms with van der Waals surface area (Å²) in [5, 5.41) is 9.30. The van der Waals surface area contributed by atoms with Crippen LogP contribution in [0.15, 0.2) is 0 Å². The lowest BCUT2D eigenvalue weighted by Gasteiger charge is -2.39. The largest absolute Gasteiger partial charge is 0.444 e. The van der Waals surface area contributed by atoms with Crippen molar-refractivity contribution in [1.82, 2.24) is 4.90 Å². The number of hydrogen-bond acceptors (Lipinski definition) is 3. The molecule has 1 fully saturated rings. The number of carbonyl (C=O) groups is 1. The van der Waals surface area contributed by atoms with Crippen LogP contribution in [0.1, 0.15) is 33.6 Å². The molecule has 1 aliphatic rings. The predicted octanol–water partition coefficient (Wildman–Crippen LogP) is 2.31. The second-order valence-corrected chi connectivity index (χ2v) is 5.41. The van der Waals surface area contributed by atoms with E-state index < -0.39 is 36.4 Å². The van der Waals surface area contributed by atoms with Crippen LogP contribution < -0.4 is 0 Å². The van der Waals surface area contributed by atoms with Crippen LogP contribution in [0.25, 0.3) is 0 Å². The van der Waals surface area contributed by atoms with E-state index in [4.69, 9.17) is 4.74 Å². The molecule has 0 saturated carbocycles. The first-order chi connectivity index (χ1) is 8.00. The molecule has 0 spiro atoms. The Hall–Kier alpha value is -0.980. The lowest BCUT2D eigenvalue weighted by molar-refractivity contribution is -0.195. The van der Waals surface area contributed by atoms with E-state index in [0.29, 0.717) is 4.90 Å². The molecule has 0 aromatic carbocycles. The Kier molecular flexibility index (Phi) is 4.15. The van der Waals surface area contributed by atoms with E-state index >= 15 is 0 Å². The molecule has 1 saturated heterocycles. The molecule has 1 N–H and O–H groups in total. The fourth-order valence-corrected chi connectivity index (χ4v) is 1.80. The summed E-state index contributed by atoms with van der Waals surface area (Å²) in [5.41, 5.74) is -0.844. The monoisotopic (exact) mass is 269 g/mol. The second kappa shape index (κ2) is 4.95. The van der Waals surface area contributed by atoms with Crippen molar-refractivity contribution in [2.24, 2.45) is 0 Å². The highest BCUT2D eigenvalue weighted by Crippen LogP contribution is 2.32. The maximum Gasteiger partial charge on any atom is 0.410 e. The number of alkyl halides is 3. The summed E-state index contributed by atoms with van der Waals surface area (Å²) < 4.78 is 43.3. The SMILES string of the molecule is CC(C)(C)OC(=O)N1CC[C@@H](O)C[C@@H]1C(F)(F)F. The van der Waals surface area contributed by atoms with Crippen LogP contribution in [0.4, 0.5) is 18.0 Å². The van der Waals surface area contributed by atoms with Crippen molar-refractivity contribution >= 4 is 6.09 Å². The van der Waals surface area contributed by atoms with Crippen molar-refractivity contribution in [2.75, 3.05) is 6.54 Å². The topological polar surface area (TPSA) is 49.8 Å². The van der Waals surface area contributed by atoms with Crippen molar-refractivity contribution in [2.45, 2.75) is 57.5 Å². The van der Waals surface area contributed by atoms with E-state index in [0.717, 1.165) is 0 Å². The number of hydrogen-bond donors (Lipinski definition) is 1. The summed E-state index contributed by atoms with van der Waals surface area (Å²) in [6.45, 7) is 4.62. The molecule has 4 nitrogen and oxygen atoms in total. The van der Waals surface area contributed by atoms with Gasteiger partial charge in [-0.1, -0.05) is 0 Å². The van der Waals surface area contributed by atoms with E-state index in [1.54, 1.807) is 20.8 Å². The molecule has 0 radical (unpaired) electrons. The molecule has 1 amide bonds. The van der Waals surface area contributed by atoms with Crippen LogP contribution in [0.5, 0.6) is 0 Å². The Morgan fingerprint density at radius 3 is 2.33 bits per heavy atom. The lowest BCUT2D eigenvalue weighted by Crippen LogP contribution is -2.55. The van der Waals surface area contributed by atoms with Gasteiger partial charge < -0.3 is 9.84 Å². The molecule has 1 rings (SSSR count). The number of aliphatic hydroxyl groups excluding tert-OH is 1. The third-order valence-corrected chi connectivity index (χ3v) is 2.58. The zero-order valence-electron chi connectivity index (χ0n) is 10.6. The van der Waals surface area contributed by atoms with Crippen LogP contribution >= 0.6 is 0 Å². The number of aliphatic hydroxyl groups is 1. The highest BCUT2D eigenvalue weighted by Gasteiger charge is 2.49. The van der Waals surface area contributed by atoms with Gasteiger partial charge in [-0.25, -0.2) is 4.79 Å². The summed E-state index contributed by atoms with van der Waals surface area (Å²) in [6, 6.07) is -1.98. The lowest BCUT2D eigenvalue weighted by atomic mass is 9.99. The minimum absolute atomic E-state index is 0.131. The van der Waals surface area contributed by atoms with Gasteiger partial charge in [0.05, 0.1) is 6.10 Å². The van der Waals surface area contributed by atoms with E-state index in [9.17, 15) is 23.1 Å². The molecular weight excluding hydrogens is 251 g/mol. The van der Waals surface area contributed by atoms with Gasteiger partial charge in [0, 0.05) is 13.0 Å². The van der Waals surface area contributed by atoms with Gasteiger partial charge in [-0.05, 0) is 27.2 Å². The van der Waals surface area contributed by atoms with Gasteiger partial charge in [0.1, 0.15) is 11.6 Å².